The molecule has 7 nitrogen and oxygen atoms in total. The fourth-order valence-electron chi connectivity index (χ4n) is 4.64. The first-order valence-electron chi connectivity index (χ1n) is 11.3. The van der Waals surface area contributed by atoms with Crippen LogP contribution in [0, 0.1) is 0 Å². The molecule has 1 aromatic carbocycles. The Balaban J connectivity index is 1.47. The Morgan fingerprint density at radius 3 is 2.53 bits per heavy atom. The number of fused-ring (bicyclic) bond motifs is 1. The van der Waals surface area contributed by atoms with E-state index in [-0.39, 0.29) is 21.9 Å². The molecule has 180 valence electrons. The van der Waals surface area contributed by atoms with E-state index in [2.05, 4.69) is 15.3 Å². The molecule has 34 heavy (non-hydrogen) atoms. The van der Waals surface area contributed by atoms with E-state index >= 15 is 0 Å². The molecule has 2 amide bonds. The molecule has 0 unspecified atom stereocenters. The number of carbonyl (C=O) groups is 1. The van der Waals surface area contributed by atoms with Gasteiger partial charge < -0.3 is 10.2 Å². The first-order valence-corrected chi connectivity index (χ1v) is 12.1. The minimum Gasteiger partial charge on any atom is -0.328 e. The third-order valence-corrected chi connectivity index (χ3v) is 7.52. The van der Waals surface area contributed by atoms with Gasteiger partial charge in [-0.3, -0.25) is 9.36 Å². The zero-order valence-electron chi connectivity index (χ0n) is 18.7. The number of thiazole rings is 1. The highest BCUT2D eigenvalue weighted by molar-refractivity contribution is 7.18. The molecule has 3 aromatic rings. The summed E-state index contributed by atoms with van der Waals surface area (Å²) >= 11 is 0.953. The number of urea groups is 1. The van der Waals surface area contributed by atoms with E-state index < -0.39 is 29.6 Å². The Hall–Kier alpha value is -2.95. The third-order valence-electron chi connectivity index (χ3n) is 6.47. The number of rotatable bonds is 4. The summed E-state index contributed by atoms with van der Waals surface area (Å²) in [6, 6.07) is 8.42. The van der Waals surface area contributed by atoms with Crippen molar-refractivity contribution in [3.63, 3.8) is 0 Å². The maximum absolute atomic E-state index is 13.6. The molecule has 0 spiro atoms. The summed E-state index contributed by atoms with van der Waals surface area (Å²) in [6.45, 7) is 3.51. The molecule has 2 aromatic heterocycles. The van der Waals surface area contributed by atoms with Crippen LogP contribution >= 0.6 is 11.3 Å². The molecular formula is C23H24F3N5O2S. The van der Waals surface area contributed by atoms with Crippen LogP contribution in [0.4, 0.5) is 18.0 Å². The number of nitrogens with zero attached hydrogens (tertiary/aromatic N) is 4. The summed E-state index contributed by atoms with van der Waals surface area (Å²) in [7, 11) is 0. The minimum absolute atomic E-state index is 0.0561. The predicted molar refractivity (Wildman–Crippen MR) is 122 cm³/mol. The second-order valence-corrected chi connectivity index (χ2v) is 10.1. The monoisotopic (exact) mass is 491 g/mol. The van der Waals surface area contributed by atoms with E-state index in [1.165, 1.54) is 13.8 Å². The Morgan fingerprint density at radius 1 is 1.21 bits per heavy atom. The molecule has 5 rings (SSSR count). The van der Waals surface area contributed by atoms with E-state index in [9.17, 15) is 22.8 Å². The van der Waals surface area contributed by atoms with Crippen molar-refractivity contribution in [2.75, 3.05) is 6.54 Å². The van der Waals surface area contributed by atoms with Crippen LogP contribution < -0.4 is 10.9 Å². The van der Waals surface area contributed by atoms with Gasteiger partial charge >= 0.3 is 12.2 Å². The molecule has 2 fully saturated rings. The van der Waals surface area contributed by atoms with Crippen LogP contribution in [0.5, 0.6) is 0 Å². The summed E-state index contributed by atoms with van der Waals surface area (Å²) < 4.78 is 41.4. The lowest BCUT2D eigenvalue weighted by molar-refractivity contribution is -0.148. The van der Waals surface area contributed by atoms with Gasteiger partial charge in [0.05, 0.1) is 11.6 Å². The lowest BCUT2D eigenvalue weighted by atomic mass is 10.1. The van der Waals surface area contributed by atoms with Crippen molar-refractivity contribution in [1.29, 1.82) is 0 Å². The molecule has 1 aliphatic heterocycles. The summed E-state index contributed by atoms with van der Waals surface area (Å²) in [5.74, 6) is -1.23. The maximum Gasteiger partial charge on any atom is 0.449 e. The van der Waals surface area contributed by atoms with Crippen molar-refractivity contribution in [3.05, 3.63) is 57.1 Å². The van der Waals surface area contributed by atoms with Crippen molar-refractivity contribution >= 4 is 27.7 Å². The van der Waals surface area contributed by atoms with Crippen molar-refractivity contribution in [2.45, 2.75) is 63.3 Å². The number of hydrogen-bond donors (Lipinski definition) is 1. The van der Waals surface area contributed by atoms with Gasteiger partial charge in [-0.05, 0) is 45.1 Å². The zero-order chi connectivity index (χ0) is 24.3. The number of amides is 2. The van der Waals surface area contributed by atoms with Crippen LogP contribution in [-0.2, 0) is 11.7 Å². The Bertz CT molecular complexity index is 1300. The average Bonchev–Trinajstić information content (AvgIpc) is 3.20. The average molecular weight is 492 g/mol. The molecule has 1 saturated heterocycles. The fraction of sp³-hybridized carbons (Fsp3) is 0.478. The first kappa shape index (κ1) is 22.8. The largest absolute Gasteiger partial charge is 0.449 e. The third kappa shape index (κ3) is 3.85. The molecule has 1 N–H and O–H groups in total. The molecule has 3 heterocycles. The van der Waals surface area contributed by atoms with E-state index in [1.54, 1.807) is 4.90 Å². The van der Waals surface area contributed by atoms with Gasteiger partial charge in [-0.2, -0.15) is 13.2 Å². The number of hydrogen-bond acceptors (Lipinski definition) is 5. The molecule has 0 radical (unpaired) electrons. The van der Waals surface area contributed by atoms with Crippen molar-refractivity contribution in [1.82, 2.24) is 24.8 Å². The molecule has 1 saturated carbocycles. The Morgan fingerprint density at radius 2 is 1.91 bits per heavy atom. The highest BCUT2D eigenvalue weighted by atomic mass is 32.1. The molecule has 1 atom stereocenters. The van der Waals surface area contributed by atoms with Crippen molar-refractivity contribution in [2.24, 2.45) is 0 Å². The number of likely N-dealkylation sites (tertiary alicyclic amines) is 1. The maximum atomic E-state index is 13.6. The molecule has 2 aliphatic rings. The van der Waals surface area contributed by atoms with E-state index in [4.69, 9.17) is 0 Å². The van der Waals surface area contributed by atoms with Crippen LogP contribution in [0.2, 0.25) is 0 Å². The van der Waals surface area contributed by atoms with Gasteiger partial charge in [0.25, 0.3) is 5.56 Å². The lowest BCUT2D eigenvalue weighted by Gasteiger charge is -2.27. The number of nitrogens with one attached hydrogen (secondary N) is 1. The Kier molecular flexibility index (Phi) is 5.42. The zero-order valence-corrected chi connectivity index (χ0v) is 19.5. The van der Waals surface area contributed by atoms with Gasteiger partial charge in [-0.1, -0.05) is 41.7 Å². The van der Waals surface area contributed by atoms with Crippen LogP contribution in [-0.4, -0.2) is 32.0 Å². The SMILES string of the molecule is CC(C)n1c(C(F)(F)F)nc2sc([C@H]3CCCN3C(=O)NC3(c4ccccc4)CC3)nc2c1=O. The van der Waals surface area contributed by atoms with Crippen LogP contribution in [0.1, 0.15) is 68.0 Å². The van der Waals surface area contributed by atoms with Gasteiger partial charge in [-0.25, -0.2) is 14.8 Å². The first-order chi connectivity index (χ1) is 16.1. The normalized spacial score (nSPS) is 19.7. The minimum atomic E-state index is -4.77. The van der Waals surface area contributed by atoms with Gasteiger partial charge in [0.15, 0.2) is 10.3 Å². The van der Waals surface area contributed by atoms with Gasteiger partial charge in [0.2, 0.25) is 5.82 Å². The van der Waals surface area contributed by atoms with Gasteiger partial charge in [0, 0.05) is 12.6 Å². The standard InChI is InChI=1S/C23H24F3N5O2S/c1-13(2)31-19(32)16-18(28-20(31)23(24,25)26)34-17(27-16)15-9-6-12-30(15)21(33)29-22(10-11-22)14-7-4-3-5-8-14/h3-5,7-8,13,15H,6,9-12H2,1-2H3,(H,29,33)/t15-/m1/s1. The smallest absolute Gasteiger partial charge is 0.328 e. The van der Waals surface area contributed by atoms with Gasteiger partial charge in [0.1, 0.15) is 5.01 Å². The lowest BCUT2D eigenvalue weighted by Crippen LogP contribution is -2.44. The highest BCUT2D eigenvalue weighted by Crippen LogP contribution is 2.46. The number of aromatic nitrogens is 3. The molecule has 1 aliphatic carbocycles. The fourth-order valence-corrected chi connectivity index (χ4v) is 5.71. The molecular weight excluding hydrogens is 467 g/mol. The van der Waals surface area contributed by atoms with Crippen molar-refractivity contribution < 1.29 is 18.0 Å². The number of alkyl halides is 3. The van der Waals surface area contributed by atoms with Crippen LogP contribution in [0.25, 0.3) is 10.3 Å². The van der Waals surface area contributed by atoms with E-state index in [1.807, 2.05) is 30.3 Å². The highest BCUT2D eigenvalue weighted by Gasteiger charge is 2.47. The van der Waals surface area contributed by atoms with Crippen molar-refractivity contribution in [3.8, 4) is 0 Å². The van der Waals surface area contributed by atoms with E-state index in [0.717, 1.165) is 36.2 Å². The Labute approximate surface area is 197 Å². The molecule has 0 bridgehead atoms. The second-order valence-electron chi connectivity index (χ2n) is 9.14. The molecule has 11 heteroatoms. The summed E-state index contributed by atoms with van der Waals surface area (Å²) in [5.41, 5.74) is -0.230. The van der Waals surface area contributed by atoms with E-state index in [0.29, 0.717) is 22.5 Å². The summed E-state index contributed by atoms with van der Waals surface area (Å²) in [4.78, 5) is 35.9. The number of carbonyl (C=O) groups excluding carboxylic acids is 1. The van der Waals surface area contributed by atoms with Gasteiger partial charge in [-0.15, -0.1) is 0 Å². The summed E-state index contributed by atoms with van der Waals surface area (Å²) in [6.07, 6.45) is -1.71. The predicted octanol–water partition coefficient (Wildman–Crippen LogP) is 4.99. The quantitative estimate of drug-likeness (QED) is 0.558. The number of benzene rings is 1. The second kappa shape index (κ2) is 8.07. The summed E-state index contributed by atoms with van der Waals surface area (Å²) in [5, 5.41) is 3.59. The van der Waals surface area contributed by atoms with Crippen LogP contribution in [0.15, 0.2) is 35.1 Å². The topological polar surface area (TPSA) is 80.1 Å². The number of halogens is 3. The van der Waals surface area contributed by atoms with Crippen LogP contribution in [0.3, 0.4) is 0 Å².